The summed E-state index contributed by atoms with van der Waals surface area (Å²) in [5.74, 6) is 0.0219. The molecule has 8 heteroatoms. The van der Waals surface area contributed by atoms with Crippen molar-refractivity contribution in [3.8, 4) is 0 Å². The number of amides is 3. The second kappa shape index (κ2) is 11.9. The topological polar surface area (TPSA) is 75.0 Å². The molecule has 0 aliphatic carbocycles. The first-order valence-electron chi connectivity index (χ1n) is 12.7. The first-order valence-corrected chi connectivity index (χ1v) is 12.7. The third-order valence-electron chi connectivity index (χ3n) is 6.66. The lowest BCUT2D eigenvalue weighted by molar-refractivity contribution is -0.133. The van der Waals surface area contributed by atoms with Crippen molar-refractivity contribution < 1.29 is 23.1 Å². The minimum atomic E-state index is -0.370. The number of nitrogens with zero attached hydrogens (tertiary/aromatic N) is 2. The van der Waals surface area contributed by atoms with Crippen LogP contribution in [0.2, 0.25) is 0 Å². The average molecular weight is 516 g/mol. The van der Waals surface area contributed by atoms with Crippen LogP contribution in [-0.2, 0) is 22.6 Å². The summed E-state index contributed by atoms with van der Waals surface area (Å²) in [5, 5.41) is 4.93. The lowest BCUT2D eigenvalue weighted by Crippen LogP contribution is -2.46. The largest absolute Gasteiger partial charge is 0.467 e. The van der Waals surface area contributed by atoms with Crippen LogP contribution in [0.3, 0.4) is 0 Å². The lowest BCUT2D eigenvalue weighted by atomic mass is 10.1. The molecule has 3 amide bonds. The molecule has 1 atom stereocenters. The summed E-state index contributed by atoms with van der Waals surface area (Å²) in [6.07, 6.45) is 3.18. The highest BCUT2D eigenvalue weighted by atomic mass is 19.1. The van der Waals surface area contributed by atoms with E-state index in [4.69, 9.17) is 9.15 Å². The van der Waals surface area contributed by atoms with Crippen molar-refractivity contribution in [3.05, 3.63) is 102 Å². The fourth-order valence-corrected chi connectivity index (χ4v) is 4.68. The van der Waals surface area contributed by atoms with Gasteiger partial charge < -0.3 is 24.3 Å². The summed E-state index contributed by atoms with van der Waals surface area (Å²) >= 11 is 0. The number of carbonyl (C=O) groups is 2. The number of carbonyl (C=O) groups excluding carboxylic acids is 2. The smallest absolute Gasteiger partial charge is 0.322 e. The Kier molecular flexibility index (Phi) is 7.99. The Bertz CT molecular complexity index is 1360. The molecule has 1 fully saturated rings. The van der Waals surface area contributed by atoms with E-state index in [2.05, 4.69) is 5.32 Å². The van der Waals surface area contributed by atoms with Gasteiger partial charge in [0.2, 0.25) is 5.91 Å². The Morgan fingerprint density at radius 2 is 1.74 bits per heavy atom. The fourth-order valence-electron chi connectivity index (χ4n) is 4.68. The van der Waals surface area contributed by atoms with E-state index in [9.17, 15) is 14.0 Å². The van der Waals surface area contributed by atoms with Gasteiger partial charge in [-0.2, -0.15) is 0 Å². The molecule has 1 aliphatic rings. The van der Waals surface area contributed by atoms with Gasteiger partial charge in [0.1, 0.15) is 18.1 Å². The standard InChI is InChI=1S/C30H30FN3O4/c31-24-14-12-22(13-15-24)18-33(19-25-8-4-16-37-25)29(35)21-34(20-26-9-5-17-38-26)30(36)32-28-11-3-7-23-6-1-2-10-27(23)28/h1-4,6-8,10-16,26H,5,9,17-21H2,(H,32,36). The van der Waals surface area contributed by atoms with E-state index in [0.29, 0.717) is 24.6 Å². The zero-order valence-electron chi connectivity index (χ0n) is 21.0. The SMILES string of the molecule is O=C(CN(CC1CCCO1)C(=O)Nc1cccc2ccccc12)N(Cc1ccc(F)cc1)Cc1ccco1. The second-order valence-electron chi connectivity index (χ2n) is 9.43. The lowest BCUT2D eigenvalue weighted by Gasteiger charge is -2.29. The van der Waals surface area contributed by atoms with Gasteiger partial charge in [-0.3, -0.25) is 4.79 Å². The van der Waals surface area contributed by atoms with Gasteiger partial charge in [-0.1, -0.05) is 48.5 Å². The van der Waals surface area contributed by atoms with Crippen molar-refractivity contribution >= 4 is 28.4 Å². The average Bonchev–Trinajstić information content (AvgIpc) is 3.64. The summed E-state index contributed by atoms with van der Waals surface area (Å²) in [6.45, 7) is 1.28. The minimum absolute atomic E-state index is 0.128. The highest BCUT2D eigenvalue weighted by Gasteiger charge is 2.27. The minimum Gasteiger partial charge on any atom is -0.467 e. The van der Waals surface area contributed by atoms with Crippen molar-refractivity contribution in [1.29, 1.82) is 0 Å². The van der Waals surface area contributed by atoms with Crippen molar-refractivity contribution in [1.82, 2.24) is 9.80 Å². The molecule has 5 rings (SSSR count). The van der Waals surface area contributed by atoms with Crippen LogP contribution >= 0.6 is 0 Å². The first-order chi connectivity index (χ1) is 18.5. The maximum Gasteiger partial charge on any atom is 0.322 e. The molecule has 1 saturated heterocycles. The van der Waals surface area contributed by atoms with Gasteiger partial charge in [-0.25, -0.2) is 9.18 Å². The molecular weight excluding hydrogens is 485 g/mol. The monoisotopic (exact) mass is 515 g/mol. The third-order valence-corrected chi connectivity index (χ3v) is 6.66. The van der Waals surface area contributed by atoms with Gasteiger partial charge in [0.15, 0.2) is 0 Å². The predicted molar refractivity (Wildman–Crippen MR) is 143 cm³/mol. The highest BCUT2D eigenvalue weighted by Crippen LogP contribution is 2.24. The summed E-state index contributed by atoms with van der Waals surface area (Å²) in [4.78, 5) is 30.3. The number of rotatable bonds is 9. The normalized spacial score (nSPS) is 14.9. The number of nitrogens with one attached hydrogen (secondary N) is 1. The number of urea groups is 1. The maximum atomic E-state index is 13.6. The van der Waals surface area contributed by atoms with Crippen molar-refractivity contribution in [2.45, 2.75) is 32.0 Å². The van der Waals surface area contributed by atoms with E-state index < -0.39 is 0 Å². The van der Waals surface area contributed by atoms with Crippen LogP contribution in [0.5, 0.6) is 0 Å². The maximum absolute atomic E-state index is 13.6. The van der Waals surface area contributed by atoms with Gasteiger partial charge in [-0.15, -0.1) is 0 Å². The fraction of sp³-hybridized carbons (Fsp3) is 0.267. The molecule has 1 N–H and O–H groups in total. The molecule has 0 radical (unpaired) electrons. The first kappa shape index (κ1) is 25.5. The molecule has 0 bridgehead atoms. The molecule has 38 heavy (non-hydrogen) atoms. The number of hydrogen-bond donors (Lipinski definition) is 1. The molecular formula is C30H30FN3O4. The molecule has 7 nitrogen and oxygen atoms in total. The molecule has 1 aromatic heterocycles. The van der Waals surface area contributed by atoms with Crippen molar-refractivity contribution in [2.75, 3.05) is 25.0 Å². The van der Waals surface area contributed by atoms with Crippen LogP contribution in [-0.4, -0.2) is 47.5 Å². The number of ether oxygens (including phenoxy) is 1. The number of benzene rings is 3. The van der Waals surface area contributed by atoms with Crippen LogP contribution in [0.25, 0.3) is 10.8 Å². The molecule has 1 unspecified atom stereocenters. The second-order valence-corrected chi connectivity index (χ2v) is 9.43. The van der Waals surface area contributed by atoms with E-state index in [1.807, 2.05) is 42.5 Å². The Hall–Kier alpha value is -4.17. The molecule has 4 aromatic rings. The quantitative estimate of drug-likeness (QED) is 0.305. The number of furan rings is 1. The zero-order chi connectivity index (χ0) is 26.3. The molecule has 3 aromatic carbocycles. The number of fused-ring (bicyclic) bond motifs is 1. The van der Waals surface area contributed by atoms with E-state index in [-0.39, 0.29) is 43.5 Å². The van der Waals surface area contributed by atoms with Gasteiger partial charge in [0.05, 0.1) is 24.6 Å². The highest BCUT2D eigenvalue weighted by molar-refractivity contribution is 6.02. The van der Waals surface area contributed by atoms with Crippen LogP contribution in [0.1, 0.15) is 24.2 Å². The van der Waals surface area contributed by atoms with E-state index in [0.717, 1.165) is 29.2 Å². The molecule has 196 valence electrons. The Labute approximate surface area is 220 Å². The van der Waals surface area contributed by atoms with Crippen LogP contribution in [0.4, 0.5) is 14.9 Å². The van der Waals surface area contributed by atoms with Gasteiger partial charge in [-0.05, 0) is 54.1 Å². The van der Waals surface area contributed by atoms with Crippen LogP contribution < -0.4 is 5.32 Å². The van der Waals surface area contributed by atoms with Crippen molar-refractivity contribution in [2.24, 2.45) is 0 Å². The van der Waals surface area contributed by atoms with Gasteiger partial charge >= 0.3 is 6.03 Å². The van der Waals surface area contributed by atoms with E-state index in [1.165, 1.54) is 17.0 Å². The Morgan fingerprint density at radius 3 is 2.50 bits per heavy atom. The van der Waals surface area contributed by atoms with E-state index in [1.54, 1.807) is 35.4 Å². The summed E-state index contributed by atoms with van der Waals surface area (Å²) < 4.78 is 24.7. The van der Waals surface area contributed by atoms with E-state index >= 15 is 0 Å². The van der Waals surface area contributed by atoms with Crippen LogP contribution in [0, 0.1) is 5.82 Å². The molecule has 0 saturated carbocycles. The number of halogens is 1. The third kappa shape index (κ3) is 6.39. The van der Waals surface area contributed by atoms with Crippen LogP contribution in [0.15, 0.2) is 89.5 Å². The molecule has 1 aliphatic heterocycles. The molecule has 0 spiro atoms. The molecule has 2 heterocycles. The Balaban J connectivity index is 1.36. The number of anilines is 1. The van der Waals surface area contributed by atoms with Crippen molar-refractivity contribution in [3.63, 3.8) is 0 Å². The zero-order valence-corrected chi connectivity index (χ0v) is 21.0. The predicted octanol–water partition coefficient (Wildman–Crippen LogP) is 5.81. The van der Waals surface area contributed by atoms with Gasteiger partial charge in [0, 0.05) is 25.1 Å². The Morgan fingerprint density at radius 1 is 0.921 bits per heavy atom. The summed E-state index contributed by atoms with van der Waals surface area (Å²) in [5.41, 5.74) is 1.45. The summed E-state index contributed by atoms with van der Waals surface area (Å²) in [6, 6.07) is 22.8. The number of hydrogen-bond acceptors (Lipinski definition) is 4. The van der Waals surface area contributed by atoms with Gasteiger partial charge in [0.25, 0.3) is 0 Å². The summed E-state index contributed by atoms with van der Waals surface area (Å²) in [7, 11) is 0.